The van der Waals surface area contributed by atoms with Crippen molar-refractivity contribution in [1.29, 1.82) is 0 Å². The van der Waals surface area contributed by atoms with Crippen molar-refractivity contribution in [3.05, 3.63) is 0 Å². The second-order valence-electron chi connectivity index (χ2n) is 0.0833. The third-order valence-corrected chi connectivity index (χ3v) is 0. The van der Waals surface area contributed by atoms with Gasteiger partial charge in [0.25, 0.3) is 0 Å². The van der Waals surface area contributed by atoms with Gasteiger partial charge in [0.05, 0.1) is 0 Å². The van der Waals surface area contributed by atoms with E-state index < -0.39 is 0 Å². The SMILES string of the molecule is [Li].[S]=[Ge]=[S]. The van der Waals surface area contributed by atoms with Crippen LogP contribution in [0.1, 0.15) is 0 Å². The molecule has 0 aliphatic rings. The quantitative estimate of drug-likeness (QED) is 0.454. The summed E-state index contributed by atoms with van der Waals surface area (Å²) in [5, 5.41) is 0. The van der Waals surface area contributed by atoms with Gasteiger partial charge >= 0.3 is 33.0 Å². The topological polar surface area (TPSA) is 0 Å². The van der Waals surface area contributed by atoms with E-state index in [0.717, 1.165) is 0 Å². The fourth-order valence-electron chi connectivity index (χ4n) is 0. The summed E-state index contributed by atoms with van der Waals surface area (Å²) < 4.78 is 0. The summed E-state index contributed by atoms with van der Waals surface area (Å²) in [5.41, 5.74) is 0. The van der Waals surface area contributed by atoms with Crippen molar-refractivity contribution in [2.24, 2.45) is 0 Å². The molecule has 17 valence electrons. The van der Waals surface area contributed by atoms with Crippen molar-refractivity contribution in [3.8, 4) is 0 Å². The first-order valence-electron chi connectivity index (χ1n) is 0.408. The molecule has 0 heterocycles. The number of rotatable bonds is 0. The molecular weight excluding hydrogens is 144 g/mol. The zero-order valence-corrected chi connectivity index (χ0v) is 6.05. The molecule has 0 amide bonds. The van der Waals surface area contributed by atoms with Crippen molar-refractivity contribution in [2.75, 3.05) is 0 Å². The Bertz CT molecular complexity index is 27.0. The Balaban J connectivity index is 0. The Morgan fingerprint density at radius 3 is 1.25 bits per heavy atom. The van der Waals surface area contributed by atoms with Gasteiger partial charge in [-0.05, 0) is 0 Å². The predicted octanol–water partition coefficient (Wildman–Crippen LogP) is 0.535. The molecule has 0 atom stereocenters. The molecule has 4 heteroatoms. The van der Waals surface area contributed by atoms with E-state index in [-0.39, 0.29) is 31.0 Å². The van der Waals surface area contributed by atoms with E-state index in [2.05, 4.69) is 20.9 Å². The van der Waals surface area contributed by atoms with Gasteiger partial charge in [0.1, 0.15) is 0 Å². The van der Waals surface area contributed by atoms with E-state index in [1.54, 1.807) is 0 Å². The summed E-state index contributed by atoms with van der Waals surface area (Å²) >= 11 is -0.333. The molecule has 0 bridgehead atoms. The summed E-state index contributed by atoms with van der Waals surface area (Å²) in [6.07, 6.45) is 0. The van der Waals surface area contributed by atoms with E-state index >= 15 is 0 Å². The van der Waals surface area contributed by atoms with E-state index in [1.807, 2.05) is 0 Å². The minimum atomic E-state index is -0.333. The van der Waals surface area contributed by atoms with Crippen molar-refractivity contribution in [3.63, 3.8) is 0 Å². The van der Waals surface area contributed by atoms with Crippen LogP contribution in [0, 0.1) is 0 Å². The molecule has 1 radical (unpaired) electrons. The molecular formula is GeLiS2. The fourth-order valence-corrected chi connectivity index (χ4v) is 0. The van der Waals surface area contributed by atoms with Crippen LogP contribution in [0.2, 0.25) is 0 Å². The van der Waals surface area contributed by atoms with Gasteiger partial charge < -0.3 is 0 Å². The normalized spacial score (nSPS) is 2.00. The average Bonchev–Trinajstić information content (AvgIpc) is 0.918. The van der Waals surface area contributed by atoms with Gasteiger partial charge in [0.15, 0.2) is 0 Å². The standard InChI is InChI=1S/GeS2.Li/c2-1-3;. The zero-order chi connectivity index (χ0) is 2.71. The van der Waals surface area contributed by atoms with Crippen molar-refractivity contribution in [2.45, 2.75) is 0 Å². The summed E-state index contributed by atoms with van der Waals surface area (Å²) in [7, 11) is 8.67. The van der Waals surface area contributed by atoms with Crippen LogP contribution in [0.3, 0.4) is 0 Å². The van der Waals surface area contributed by atoms with Crippen LogP contribution in [-0.2, 0) is 0 Å². The second kappa shape index (κ2) is 8.82. The van der Waals surface area contributed by atoms with Crippen LogP contribution >= 0.6 is 20.9 Å². The van der Waals surface area contributed by atoms with Gasteiger partial charge in [0, 0.05) is 18.9 Å². The molecule has 0 aromatic heterocycles. The van der Waals surface area contributed by atoms with Gasteiger partial charge in [0.2, 0.25) is 0 Å². The van der Waals surface area contributed by atoms with Crippen LogP contribution in [-0.4, -0.2) is 31.0 Å². The van der Waals surface area contributed by atoms with Crippen molar-refractivity contribution in [1.82, 2.24) is 0 Å². The van der Waals surface area contributed by atoms with Crippen LogP contribution in [0.25, 0.3) is 0 Å². The molecule has 0 fully saturated rings. The molecule has 0 saturated heterocycles. The maximum atomic E-state index is 4.33. The molecule has 0 spiro atoms. The molecule has 0 aliphatic heterocycles. The first-order chi connectivity index (χ1) is 1.41. The average molecular weight is 144 g/mol. The molecule has 0 N–H and O–H groups in total. The monoisotopic (exact) mass is 145 g/mol. The molecule has 0 nitrogen and oxygen atoms in total. The van der Waals surface area contributed by atoms with Gasteiger partial charge in [-0.2, -0.15) is 0 Å². The van der Waals surface area contributed by atoms with Gasteiger partial charge in [-0.25, -0.2) is 0 Å². The molecule has 0 rings (SSSR count). The predicted molar refractivity (Wildman–Crippen MR) is 26.7 cm³/mol. The van der Waals surface area contributed by atoms with E-state index in [4.69, 9.17) is 0 Å². The summed E-state index contributed by atoms with van der Waals surface area (Å²) in [5.74, 6) is 0. The summed E-state index contributed by atoms with van der Waals surface area (Å²) in [6, 6.07) is 0. The summed E-state index contributed by atoms with van der Waals surface area (Å²) in [6.45, 7) is 0. The van der Waals surface area contributed by atoms with Gasteiger partial charge in [-0.1, -0.05) is 0 Å². The van der Waals surface area contributed by atoms with Crippen molar-refractivity contribution < 1.29 is 0 Å². The van der Waals surface area contributed by atoms with E-state index in [0.29, 0.717) is 0 Å². The Kier molecular flexibility index (Phi) is 20.1. The zero-order valence-electron chi connectivity index (χ0n) is 2.32. The Labute approximate surface area is 51.6 Å². The molecule has 0 aromatic rings. The first kappa shape index (κ1) is 9.13. The van der Waals surface area contributed by atoms with Gasteiger partial charge in [-0.3, -0.25) is 0 Å². The second-order valence-corrected chi connectivity index (χ2v) is 3.90. The summed E-state index contributed by atoms with van der Waals surface area (Å²) in [4.78, 5) is 0. The fraction of sp³-hybridized carbons (Fsp3) is 0. The Morgan fingerprint density at radius 2 is 1.25 bits per heavy atom. The van der Waals surface area contributed by atoms with Crippen LogP contribution in [0.15, 0.2) is 0 Å². The Morgan fingerprint density at radius 1 is 1.25 bits per heavy atom. The number of hydrogen-bond acceptors (Lipinski definition) is 2. The maximum absolute atomic E-state index is 4.33. The van der Waals surface area contributed by atoms with Crippen LogP contribution in [0.5, 0.6) is 0 Å². The third-order valence-electron chi connectivity index (χ3n) is 0. The van der Waals surface area contributed by atoms with E-state index in [1.165, 1.54) is 0 Å². The molecule has 0 saturated carbocycles. The molecule has 0 unspecified atom stereocenters. The molecule has 0 aromatic carbocycles. The van der Waals surface area contributed by atoms with E-state index in [9.17, 15) is 0 Å². The van der Waals surface area contributed by atoms with Crippen molar-refractivity contribution >= 4 is 51.9 Å². The van der Waals surface area contributed by atoms with Crippen LogP contribution < -0.4 is 0 Å². The first-order valence-corrected chi connectivity index (χ1v) is 6.36. The molecule has 4 heavy (non-hydrogen) atoms. The van der Waals surface area contributed by atoms with Crippen LogP contribution in [0.4, 0.5) is 0 Å². The number of hydrogen-bond donors (Lipinski definition) is 0. The van der Waals surface area contributed by atoms with Gasteiger partial charge in [-0.15, -0.1) is 0 Å². The molecule has 0 aliphatic carbocycles. The minimum absolute atomic E-state index is 0. The third kappa shape index (κ3) is 9.55. The Hall–Kier alpha value is 1.58.